The van der Waals surface area contributed by atoms with Gasteiger partial charge < -0.3 is 20.6 Å². The molecule has 4 rings (SSSR count). The molecular weight excluding hydrogens is 370 g/mol. The van der Waals surface area contributed by atoms with Gasteiger partial charge >= 0.3 is 11.8 Å². The van der Waals surface area contributed by atoms with E-state index in [4.69, 9.17) is 0 Å². The molecule has 7 nitrogen and oxygen atoms in total. The number of nitrogens with zero attached hydrogens (tertiary/aromatic N) is 1. The van der Waals surface area contributed by atoms with Crippen molar-refractivity contribution in [3.05, 3.63) is 53.1 Å². The van der Waals surface area contributed by atoms with Crippen LogP contribution in [0, 0.1) is 6.92 Å². The fraction of sp³-hybridized carbons (Fsp3) is 0.318. The maximum absolute atomic E-state index is 12.8. The molecule has 1 heterocycles. The lowest BCUT2D eigenvalue weighted by molar-refractivity contribution is -0.144. The zero-order valence-corrected chi connectivity index (χ0v) is 16.4. The van der Waals surface area contributed by atoms with E-state index < -0.39 is 11.8 Å². The highest BCUT2D eigenvalue weighted by molar-refractivity contribution is 6.39. The minimum absolute atomic E-state index is 0.148. The zero-order valence-electron chi connectivity index (χ0n) is 16.4. The first kappa shape index (κ1) is 19.0. The number of nitrogens with one attached hydrogen (secondary N) is 2. The number of anilines is 2. The summed E-state index contributed by atoms with van der Waals surface area (Å²) in [7, 11) is 0. The van der Waals surface area contributed by atoms with Gasteiger partial charge in [0.1, 0.15) is 5.75 Å². The Morgan fingerprint density at radius 1 is 1.07 bits per heavy atom. The number of benzene rings is 2. The van der Waals surface area contributed by atoms with Gasteiger partial charge in [-0.25, -0.2) is 0 Å². The van der Waals surface area contributed by atoms with Crippen molar-refractivity contribution in [3.63, 3.8) is 0 Å². The summed E-state index contributed by atoms with van der Waals surface area (Å²) in [6.07, 6.45) is 1.87. The van der Waals surface area contributed by atoms with Crippen molar-refractivity contribution in [1.82, 2.24) is 4.90 Å². The fourth-order valence-electron chi connectivity index (χ4n) is 3.98. The number of carbonyl (C=O) groups excluding carboxylic acids is 3. The second-order valence-electron chi connectivity index (χ2n) is 7.95. The van der Waals surface area contributed by atoms with E-state index >= 15 is 0 Å². The van der Waals surface area contributed by atoms with E-state index in [0.29, 0.717) is 24.5 Å². The van der Waals surface area contributed by atoms with Gasteiger partial charge in [-0.15, -0.1) is 0 Å². The monoisotopic (exact) mass is 393 g/mol. The van der Waals surface area contributed by atoms with E-state index in [1.54, 1.807) is 35.2 Å². The Morgan fingerprint density at radius 2 is 1.83 bits per heavy atom. The van der Waals surface area contributed by atoms with E-state index in [0.717, 1.165) is 29.5 Å². The number of aryl methyl sites for hydroxylation is 1. The first-order valence-electron chi connectivity index (χ1n) is 9.58. The first-order valence-corrected chi connectivity index (χ1v) is 9.58. The van der Waals surface area contributed by atoms with Crippen LogP contribution in [0.1, 0.15) is 36.5 Å². The summed E-state index contributed by atoms with van der Waals surface area (Å²) in [5, 5.41) is 15.1. The number of aromatic hydroxyl groups is 1. The van der Waals surface area contributed by atoms with Crippen LogP contribution >= 0.6 is 0 Å². The lowest BCUT2D eigenvalue weighted by Gasteiger charge is -2.34. The molecule has 0 unspecified atom stereocenters. The van der Waals surface area contributed by atoms with Crippen LogP contribution < -0.4 is 10.6 Å². The van der Waals surface area contributed by atoms with Gasteiger partial charge in [-0.1, -0.05) is 12.1 Å². The van der Waals surface area contributed by atoms with Gasteiger partial charge in [0.2, 0.25) is 5.91 Å². The van der Waals surface area contributed by atoms with Crippen molar-refractivity contribution < 1.29 is 19.5 Å². The van der Waals surface area contributed by atoms with Crippen LogP contribution in [0.3, 0.4) is 0 Å². The van der Waals surface area contributed by atoms with Crippen molar-refractivity contribution in [2.45, 2.75) is 38.6 Å². The predicted octanol–water partition coefficient (Wildman–Crippen LogP) is 2.67. The summed E-state index contributed by atoms with van der Waals surface area (Å²) in [5.74, 6) is -1.28. The molecule has 2 aromatic rings. The molecule has 0 atom stereocenters. The standard InChI is InChI=1S/C22H23N3O4/c1-13-3-5-16(9-19(13)23-14(2)26)24-20(28)21(29)25-11-15-4-6-17(27)10-18(15)22(12-25)7-8-22/h3-6,9-10,27H,7-8,11-12H2,1-2H3,(H,23,26)(H,24,28). The number of rotatable bonds is 2. The molecule has 3 amide bonds. The Balaban J connectivity index is 1.50. The van der Waals surface area contributed by atoms with E-state index in [2.05, 4.69) is 10.6 Å². The maximum atomic E-state index is 12.8. The highest BCUT2D eigenvalue weighted by atomic mass is 16.3. The molecule has 150 valence electrons. The topological polar surface area (TPSA) is 98.7 Å². The van der Waals surface area contributed by atoms with Crippen LogP contribution in [-0.4, -0.2) is 34.3 Å². The molecule has 1 aliphatic heterocycles. The van der Waals surface area contributed by atoms with Gasteiger partial charge in [-0.3, -0.25) is 14.4 Å². The molecular formula is C22H23N3O4. The Hall–Kier alpha value is -3.35. The van der Waals surface area contributed by atoms with Crippen LogP contribution in [0.15, 0.2) is 36.4 Å². The number of fused-ring (bicyclic) bond motifs is 2. The molecule has 0 radical (unpaired) electrons. The van der Waals surface area contributed by atoms with Gasteiger partial charge in [0.15, 0.2) is 0 Å². The molecule has 0 saturated heterocycles. The summed E-state index contributed by atoms with van der Waals surface area (Å²) >= 11 is 0. The molecule has 1 spiro atoms. The maximum Gasteiger partial charge on any atom is 0.313 e. The predicted molar refractivity (Wildman–Crippen MR) is 109 cm³/mol. The number of phenols is 1. The Morgan fingerprint density at radius 3 is 2.52 bits per heavy atom. The van der Waals surface area contributed by atoms with Crippen molar-refractivity contribution in [2.75, 3.05) is 17.2 Å². The third kappa shape index (κ3) is 3.68. The summed E-state index contributed by atoms with van der Waals surface area (Å²) in [6, 6.07) is 10.3. The second kappa shape index (κ2) is 6.92. The van der Waals surface area contributed by atoms with Gasteiger partial charge in [0, 0.05) is 36.8 Å². The van der Waals surface area contributed by atoms with Crippen LogP contribution in [0.25, 0.3) is 0 Å². The Kier molecular flexibility index (Phi) is 4.53. The number of phenolic OH excluding ortho intramolecular Hbond substituents is 1. The number of carbonyl (C=O) groups is 3. The first-order chi connectivity index (χ1) is 13.8. The smallest absolute Gasteiger partial charge is 0.313 e. The molecule has 7 heteroatoms. The normalized spacial score (nSPS) is 16.1. The highest BCUT2D eigenvalue weighted by Gasteiger charge is 2.50. The summed E-state index contributed by atoms with van der Waals surface area (Å²) in [6.45, 7) is 4.07. The van der Waals surface area contributed by atoms with Gasteiger partial charge in [0.25, 0.3) is 0 Å². The molecule has 2 aliphatic rings. The molecule has 0 aromatic heterocycles. The van der Waals surface area contributed by atoms with E-state index in [-0.39, 0.29) is 17.1 Å². The zero-order chi connectivity index (χ0) is 20.8. The van der Waals surface area contributed by atoms with Gasteiger partial charge in [-0.05, 0) is 60.7 Å². The van der Waals surface area contributed by atoms with E-state index in [1.807, 2.05) is 13.0 Å². The van der Waals surface area contributed by atoms with Crippen LogP contribution in [0.2, 0.25) is 0 Å². The van der Waals surface area contributed by atoms with Crippen molar-refractivity contribution in [2.24, 2.45) is 0 Å². The molecule has 1 fully saturated rings. The fourth-order valence-corrected chi connectivity index (χ4v) is 3.98. The highest BCUT2D eigenvalue weighted by Crippen LogP contribution is 2.53. The van der Waals surface area contributed by atoms with Crippen LogP contribution in [0.4, 0.5) is 11.4 Å². The Bertz CT molecular complexity index is 1030. The Labute approximate surface area is 168 Å². The van der Waals surface area contributed by atoms with E-state index in [9.17, 15) is 19.5 Å². The third-order valence-corrected chi connectivity index (χ3v) is 5.66. The number of amides is 3. The van der Waals surface area contributed by atoms with Gasteiger partial charge in [0.05, 0.1) is 0 Å². The molecule has 1 saturated carbocycles. The van der Waals surface area contributed by atoms with Crippen LogP contribution in [0.5, 0.6) is 5.75 Å². The molecule has 1 aliphatic carbocycles. The SMILES string of the molecule is CC(=O)Nc1cc(NC(=O)C(=O)N2Cc3ccc(O)cc3C3(CC3)C2)ccc1C. The summed E-state index contributed by atoms with van der Waals surface area (Å²) in [5.41, 5.74) is 3.80. The largest absolute Gasteiger partial charge is 0.508 e. The average molecular weight is 393 g/mol. The van der Waals surface area contributed by atoms with E-state index in [1.165, 1.54) is 6.92 Å². The number of hydrogen-bond donors (Lipinski definition) is 3. The molecule has 0 bridgehead atoms. The average Bonchev–Trinajstić information content (AvgIpc) is 3.44. The lowest BCUT2D eigenvalue weighted by atomic mass is 9.86. The second-order valence-corrected chi connectivity index (χ2v) is 7.95. The van der Waals surface area contributed by atoms with Crippen molar-refractivity contribution in [3.8, 4) is 5.75 Å². The van der Waals surface area contributed by atoms with Crippen molar-refractivity contribution >= 4 is 29.1 Å². The van der Waals surface area contributed by atoms with Crippen molar-refractivity contribution in [1.29, 1.82) is 0 Å². The third-order valence-electron chi connectivity index (χ3n) is 5.66. The molecule has 3 N–H and O–H groups in total. The summed E-state index contributed by atoms with van der Waals surface area (Å²) < 4.78 is 0. The number of hydrogen-bond acceptors (Lipinski definition) is 4. The van der Waals surface area contributed by atoms with Gasteiger partial charge in [-0.2, -0.15) is 0 Å². The quantitative estimate of drug-likeness (QED) is 0.683. The lowest BCUT2D eigenvalue weighted by Crippen LogP contribution is -2.46. The molecule has 29 heavy (non-hydrogen) atoms. The minimum atomic E-state index is -0.708. The molecule has 2 aromatic carbocycles. The summed E-state index contributed by atoms with van der Waals surface area (Å²) in [4.78, 5) is 38.3. The minimum Gasteiger partial charge on any atom is -0.508 e. The van der Waals surface area contributed by atoms with Crippen LogP contribution in [-0.2, 0) is 26.3 Å².